The van der Waals surface area contributed by atoms with Crippen LogP contribution in [0, 0.1) is 58.2 Å². The molecule has 8 aliphatic rings. The van der Waals surface area contributed by atoms with Crippen molar-refractivity contribution in [1.29, 1.82) is 0 Å². The minimum absolute atomic E-state index is 0.0909. The first-order chi connectivity index (χ1) is 16.3. The maximum Gasteiger partial charge on any atom is 0.246 e. The van der Waals surface area contributed by atoms with Crippen LogP contribution < -0.4 is 5.32 Å². The van der Waals surface area contributed by atoms with Crippen LogP contribution in [0.4, 0.5) is 0 Å². The van der Waals surface area contributed by atoms with E-state index < -0.39 is 0 Å². The zero-order valence-corrected chi connectivity index (χ0v) is 21.5. The van der Waals surface area contributed by atoms with Gasteiger partial charge in [-0.25, -0.2) is 0 Å². The first-order valence-electron chi connectivity index (χ1n) is 14.5. The SMILES string of the molecule is CN1C(=O)C=C[C@]2(C)[C@H]3CC[C@]4(C)[C@@H](C(=O)NC5C6CC7CC(C6)CC5C7)CC[C@H]4[C@@H]3CC[C@@H]12. The van der Waals surface area contributed by atoms with Gasteiger partial charge in [-0.15, -0.1) is 0 Å². The molecule has 2 amide bonds. The van der Waals surface area contributed by atoms with E-state index >= 15 is 0 Å². The van der Waals surface area contributed by atoms with E-state index in [2.05, 4.69) is 25.2 Å². The van der Waals surface area contributed by atoms with E-state index in [9.17, 15) is 9.59 Å². The monoisotopic (exact) mass is 464 g/mol. The highest BCUT2D eigenvalue weighted by atomic mass is 16.2. The van der Waals surface area contributed by atoms with Gasteiger partial charge >= 0.3 is 0 Å². The van der Waals surface area contributed by atoms with Gasteiger partial charge < -0.3 is 10.2 Å². The first-order valence-corrected chi connectivity index (χ1v) is 14.5. The number of rotatable bonds is 2. The summed E-state index contributed by atoms with van der Waals surface area (Å²) in [6, 6.07) is 0.808. The predicted molar refractivity (Wildman–Crippen MR) is 133 cm³/mol. The second-order valence-electron chi connectivity index (χ2n) is 14.3. The third-order valence-electron chi connectivity index (χ3n) is 13.0. The van der Waals surface area contributed by atoms with Gasteiger partial charge in [0.1, 0.15) is 0 Å². The van der Waals surface area contributed by atoms with Crippen LogP contribution in [0.15, 0.2) is 12.2 Å². The molecule has 1 aliphatic heterocycles. The van der Waals surface area contributed by atoms with E-state index in [4.69, 9.17) is 0 Å². The van der Waals surface area contributed by atoms with Gasteiger partial charge in [-0.3, -0.25) is 9.59 Å². The van der Waals surface area contributed by atoms with Crippen molar-refractivity contribution in [2.75, 3.05) is 7.05 Å². The Morgan fingerprint density at radius 2 is 1.65 bits per heavy atom. The number of hydrogen-bond acceptors (Lipinski definition) is 2. The number of likely N-dealkylation sites (N-methyl/N-ethyl adjacent to an activating group) is 1. The Kier molecular flexibility index (Phi) is 4.74. The molecule has 0 saturated heterocycles. The molecule has 34 heavy (non-hydrogen) atoms. The van der Waals surface area contributed by atoms with Crippen molar-refractivity contribution in [2.45, 2.75) is 96.6 Å². The molecule has 7 atom stereocenters. The summed E-state index contributed by atoms with van der Waals surface area (Å²) in [6.07, 6.45) is 18.1. The van der Waals surface area contributed by atoms with Crippen molar-refractivity contribution >= 4 is 11.8 Å². The molecule has 1 N–H and O–H groups in total. The second kappa shape index (κ2) is 7.35. The number of fused-ring (bicyclic) bond motifs is 5. The summed E-state index contributed by atoms with van der Waals surface area (Å²) in [5, 5.41) is 3.70. The number of carbonyl (C=O) groups excluding carboxylic acids is 2. The standard InChI is InChI=1S/C30H44N2O2/c1-29-10-8-23-21(4-7-25-30(23,2)11-9-26(33)32(25)3)22(29)5-6-24(29)28(34)31-27-19-13-17-12-18(15-19)16-20(27)14-17/h9,11,17-25,27H,4-8,10,12-16H2,1-3H3,(H,31,34)/t17?,18?,19?,20?,21-,22-,23-,24+,25+,27?,29-,30+/m0/s1. The van der Waals surface area contributed by atoms with Crippen LogP contribution >= 0.6 is 0 Å². The fraction of sp³-hybridized carbons (Fsp3) is 0.867. The topological polar surface area (TPSA) is 49.4 Å². The number of carbonyl (C=O) groups is 2. The predicted octanol–water partition coefficient (Wildman–Crippen LogP) is 5.18. The molecule has 4 bridgehead atoms. The molecular weight excluding hydrogens is 420 g/mol. The van der Waals surface area contributed by atoms with Gasteiger partial charge in [-0.1, -0.05) is 19.9 Å². The third-order valence-corrected chi connectivity index (χ3v) is 13.0. The number of nitrogens with one attached hydrogen (secondary N) is 1. The van der Waals surface area contributed by atoms with Crippen LogP contribution in [0.2, 0.25) is 0 Å². The Morgan fingerprint density at radius 3 is 2.35 bits per heavy atom. The Labute approximate surface area is 205 Å². The van der Waals surface area contributed by atoms with E-state index in [1.54, 1.807) is 0 Å². The second-order valence-corrected chi connectivity index (χ2v) is 14.3. The molecule has 7 fully saturated rings. The fourth-order valence-electron chi connectivity index (χ4n) is 11.6. The van der Waals surface area contributed by atoms with E-state index in [0.717, 1.165) is 36.5 Å². The van der Waals surface area contributed by atoms with Gasteiger partial charge in [0.15, 0.2) is 0 Å². The van der Waals surface area contributed by atoms with Gasteiger partial charge in [-0.2, -0.15) is 0 Å². The van der Waals surface area contributed by atoms with Gasteiger partial charge in [0, 0.05) is 30.5 Å². The molecule has 0 aromatic carbocycles. The maximum absolute atomic E-state index is 13.9. The highest BCUT2D eigenvalue weighted by Gasteiger charge is 2.62. The first kappa shape index (κ1) is 21.9. The summed E-state index contributed by atoms with van der Waals surface area (Å²) in [5.74, 6) is 6.21. The van der Waals surface area contributed by atoms with Crippen LogP contribution in [0.1, 0.15) is 84.5 Å². The van der Waals surface area contributed by atoms with Crippen molar-refractivity contribution in [1.82, 2.24) is 10.2 Å². The fourth-order valence-corrected chi connectivity index (χ4v) is 11.6. The molecule has 0 aromatic rings. The summed E-state index contributed by atoms with van der Waals surface area (Å²) >= 11 is 0. The summed E-state index contributed by atoms with van der Waals surface area (Å²) in [7, 11) is 2.00. The lowest BCUT2D eigenvalue weighted by molar-refractivity contribution is -0.143. The minimum atomic E-state index is 0.0909. The summed E-state index contributed by atoms with van der Waals surface area (Å²) in [5.41, 5.74) is 0.244. The molecule has 0 spiro atoms. The van der Waals surface area contributed by atoms with E-state index in [0.29, 0.717) is 35.7 Å². The normalized spacial score (nSPS) is 55.0. The molecule has 4 heteroatoms. The Balaban J connectivity index is 1.09. The zero-order valence-electron chi connectivity index (χ0n) is 21.5. The van der Waals surface area contributed by atoms with Gasteiger partial charge in [0.2, 0.25) is 11.8 Å². The highest BCUT2D eigenvalue weighted by Crippen LogP contribution is 2.65. The average molecular weight is 465 g/mol. The average Bonchev–Trinajstić information content (AvgIpc) is 3.16. The van der Waals surface area contributed by atoms with Crippen LogP contribution in [-0.2, 0) is 9.59 Å². The number of amides is 2. The van der Waals surface area contributed by atoms with Gasteiger partial charge in [0.25, 0.3) is 0 Å². The Bertz CT molecular complexity index is 899. The number of nitrogens with zero attached hydrogens (tertiary/aromatic N) is 1. The third kappa shape index (κ3) is 2.89. The highest BCUT2D eigenvalue weighted by molar-refractivity contribution is 5.89. The van der Waals surface area contributed by atoms with E-state index in [1.807, 2.05) is 18.0 Å². The Morgan fingerprint density at radius 1 is 0.941 bits per heavy atom. The van der Waals surface area contributed by atoms with E-state index in [-0.39, 0.29) is 22.7 Å². The van der Waals surface area contributed by atoms with Crippen molar-refractivity contribution in [2.24, 2.45) is 58.2 Å². The minimum Gasteiger partial charge on any atom is -0.353 e. The molecule has 8 rings (SSSR count). The molecule has 7 saturated carbocycles. The molecule has 1 heterocycles. The molecule has 0 radical (unpaired) electrons. The summed E-state index contributed by atoms with van der Waals surface area (Å²) < 4.78 is 0. The summed E-state index contributed by atoms with van der Waals surface area (Å²) in [4.78, 5) is 28.2. The molecule has 0 aromatic heterocycles. The summed E-state index contributed by atoms with van der Waals surface area (Å²) in [6.45, 7) is 4.89. The van der Waals surface area contributed by atoms with Crippen LogP contribution in [0.25, 0.3) is 0 Å². The van der Waals surface area contributed by atoms with Crippen molar-refractivity contribution in [3.05, 3.63) is 12.2 Å². The van der Waals surface area contributed by atoms with Crippen molar-refractivity contribution in [3.63, 3.8) is 0 Å². The zero-order chi connectivity index (χ0) is 23.4. The van der Waals surface area contributed by atoms with Crippen molar-refractivity contribution < 1.29 is 9.59 Å². The Hall–Kier alpha value is -1.32. The van der Waals surface area contributed by atoms with Crippen LogP contribution in [-0.4, -0.2) is 35.8 Å². The lowest BCUT2D eigenvalue weighted by Crippen LogP contribution is -2.60. The van der Waals surface area contributed by atoms with E-state index in [1.165, 1.54) is 57.8 Å². The smallest absolute Gasteiger partial charge is 0.246 e. The lowest BCUT2D eigenvalue weighted by atomic mass is 9.47. The van der Waals surface area contributed by atoms with Crippen LogP contribution in [0.3, 0.4) is 0 Å². The quantitative estimate of drug-likeness (QED) is 0.612. The molecule has 0 unspecified atom stereocenters. The van der Waals surface area contributed by atoms with Gasteiger partial charge in [0.05, 0.1) is 0 Å². The van der Waals surface area contributed by atoms with Gasteiger partial charge in [-0.05, 0) is 124 Å². The lowest BCUT2D eigenvalue weighted by Gasteiger charge is -2.60. The van der Waals surface area contributed by atoms with Crippen molar-refractivity contribution in [3.8, 4) is 0 Å². The molecular formula is C30H44N2O2. The molecule has 186 valence electrons. The molecule has 4 nitrogen and oxygen atoms in total. The maximum atomic E-state index is 13.9. The molecule has 7 aliphatic carbocycles. The van der Waals surface area contributed by atoms with Crippen LogP contribution in [0.5, 0.6) is 0 Å². The largest absolute Gasteiger partial charge is 0.353 e. The number of hydrogen-bond donors (Lipinski definition) is 1.